The first-order valence-electron chi connectivity index (χ1n) is 8.03. The van der Waals surface area contributed by atoms with Gasteiger partial charge < -0.3 is 4.90 Å². The molecular formula is C15H28N4O2. The van der Waals surface area contributed by atoms with Crippen molar-refractivity contribution in [3.8, 4) is 0 Å². The van der Waals surface area contributed by atoms with Crippen molar-refractivity contribution in [1.82, 2.24) is 15.2 Å². The fraction of sp³-hybridized carbons (Fsp3) is 0.867. The summed E-state index contributed by atoms with van der Waals surface area (Å²) >= 11 is 0. The van der Waals surface area contributed by atoms with Gasteiger partial charge in [-0.15, -0.1) is 0 Å². The van der Waals surface area contributed by atoms with Crippen molar-refractivity contribution in [1.29, 1.82) is 0 Å². The molecular weight excluding hydrogens is 268 g/mol. The van der Waals surface area contributed by atoms with E-state index in [2.05, 4.69) is 24.2 Å². The Balaban J connectivity index is 1.79. The van der Waals surface area contributed by atoms with E-state index in [4.69, 9.17) is 5.84 Å². The highest BCUT2D eigenvalue weighted by molar-refractivity contribution is 5.80. The molecule has 0 aromatic carbocycles. The van der Waals surface area contributed by atoms with Crippen LogP contribution in [0.15, 0.2) is 0 Å². The summed E-state index contributed by atoms with van der Waals surface area (Å²) in [7, 11) is 0. The minimum absolute atomic E-state index is 0.0493. The molecule has 2 aliphatic rings. The predicted molar refractivity (Wildman–Crippen MR) is 81.1 cm³/mol. The number of likely N-dealkylation sites (tertiary alicyclic amines) is 1. The lowest BCUT2D eigenvalue weighted by Crippen LogP contribution is -2.48. The van der Waals surface area contributed by atoms with E-state index in [1.165, 1.54) is 12.8 Å². The number of rotatable bonds is 6. The topological polar surface area (TPSA) is 78.7 Å². The third kappa shape index (κ3) is 4.68. The van der Waals surface area contributed by atoms with Gasteiger partial charge in [0.05, 0.1) is 6.54 Å². The van der Waals surface area contributed by atoms with Crippen molar-refractivity contribution in [2.75, 3.05) is 26.2 Å². The molecule has 1 saturated carbocycles. The second kappa shape index (κ2) is 7.22. The van der Waals surface area contributed by atoms with Crippen molar-refractivity contribution < 1.29 is 9.59 Å². The molecule has 0 aromatic heterocycles. The van der Waals surface area contributed by atoms with Crippen LogP contribution in [-0.2, 0) is 9.59 Å². The van der Waals surface area contributed by atoms with Gasteiger partial charge in [0.2, 0.25) is 11.8 Å². The average molecular weight is 296 g/mol. The van der Waals surface area contributed by atoms with Gasteiger partial charge in [-0.3, -0.25) is 19.9 Å². The molecule has 21 heavy (non-hydrogen) atoms. The van der Waals surface area contributed by atoms with Crippen LogP contribution in [0.5, 0.6) is 0 Å². The van der Waals surface area contributed by atoms with Crippen molar-refractivity contribution in [2.24, 2.45) is 17.7 Å². The number of hydrogen-bond donors (Lipinski definition) is 2. The highest BCUT2D eigenvalue weighted by atomic mass is 16.2. The molecule has 0 bridgehead atoms. The first-order valence-corrected chi connectivity index (χ1v) is 8.03. The molecule has 0 radical (unpaired) electrons. The zero-order valence-corrected chi connectivity index (χ0v) is 13.2. The van der Waals surface area contributed by atoms with Crippen LogP contribution < -0.4 is 11.3 Å². The summed E-state index contributed by atoms with van der Waals surface area (Å²) in [6.45, 7) is 7.15. The van der Waals surface area contributed by atoms with Crippen LogP contribution in [0.2, 0.25) is 0 Å². The van der Waals surface area contributed by atoms with Gasteiger partial charge in [-0.25, -0.2) is 5.84 Å². The Morgan fingerprint density at radius 1 is 1.24 bits per heavy atom. The van der Waals surface area contributed by atoms with Gasteiger partial charge in [0.1, 0.15) is 0 Å². The Bertz CT molecular complexity index is 374. The normalized spacial score (nSPS) is 20.1. The number of hydrazine groups is 1. The first kappa shape index (κ1) is 16.2. The summed E-state index contributed by atoms with van der Waals surface area (Å²) in [5, 5.41) is 0. The van der Waals surface area contributed by atoms with Crippen LogP contribution in [-0.4, -0.2) is 53.8 Å². The molecule has 6 nitrogen and oxygen atoms in total. The van der Waals surface area contributed by atoms with Gasteiger partial charge >= 0.3 is 0 Å². The minimum Gasteiger partial charge on any atom is -0.342 e. The molecule has 2 fully saturated rings. The Hall–Kier alpha value is -1.14. The average Bonchev–Trinajstić information content (AvgIpc) is 3.29. The number of nitrogens with two attached hydrogens (primary N) is 1. The zero-order valence-electron chi connectivity index (χ0n) is 13.2. The number of carbonyl (C=O) groups is 2. The highest BCUT2D eigenvalue weighted by Gasteiger charge is 2.30. The van der Waals surface area contributed by atoms with Gasteiger partial charge in [0.25, 0.3) is 0 Å². The van der Waals surface area contributed by atoms with Crippen molar-refractivity contribution in [2.45, 2.75) is 45.6 Å². The first-order chi connectivity index (χ1) is 10.0. The largest absolute Gasteiger partial charge is 0.342 e. The molecule has 1 heterocycles. The molecule has 3 N–H and O–H groups in total. The SMILES string of the molecule is CC(C)N(CC(=O)N1CCC(C(=O)NN)CC1)CC1CC1. The van der Waals surface area contributed by atoms with Crippen molar-refractivity contribution in [3.05, 3.63) is 0 Å². The highest BCUT2D eigenvalue weighted by Crippen LogP contribution is 2.30. The van der Waals surface area contributed by atoms with E-state index in [9.17, 15) is 9.59 Å². The Morgan fingerprint density at radius 2 is 1.86 bits per heavy atom. The molecule has 0 atom stereocenters. The molecule has 2 amide bonds. The van der Waals surface area contributed by atoms with E-state index in [1.54, 1.807) is 0 Å². The Morgan fingerprint density at radius 3 is 2.33 bits per heavy atom. The smallest absolute Gasteiger partial charge is 0.237 e. The molecule has 120 valence electrons. The monoisotopic (exact) mass is 296 g/mol. The fourth-order valence-electron chi connectivity index (χ4n) is 2.87. The predicted octanol–water partition coefficient (Wildman–Crippen LogP) is 0.335. The maximum Gasteiger partial charge on any atom is 0.237 e. The molecule has 1 aliphatic carbocycles. The van der Waals surface area contributed by atoms with Crippen LogP contribution in [0.1, 0.15) is 39.5 Å². The quantitative estimate of drug-likeness (QED) is 0.421. The van der Waals surface area contributed by atoms with E-state index in [0.29, 0.717) is 38.5 Å². The van der Waals surface area contributed by atoms with E-state index in [0.717, 1.165) is 12.5 Å². The van der Waals surface area contributed by atoms with E-state index in [-0.39, 0.29) is 17.7 Å². The fourth-order valence-corrected chi connectivity index (χ4v) is 2.87. The van der Waals surface area contributed by atoms with E-state index < -0.39 is 0 Å². The third-order valence-electron chi connectivity index (χ3n) is 4.62. The summed E-state index contributed by atoms with van der Waals surface area (Å²) in [6, 6.07) is 0.398. The lowest BCUT2D eigenvalue weighted by atomic mass is 9.96. The van der Waals surface area contributed by atoms with Crippen LogP contribution in [0.4, 0.5) is 0 Å². The number of carbonyl (C=O) groups excluding carboxylic acids is 2. The second-order valence-corrected chi connectivity index (χ2v) is 6.63. The zero-order chi connectivity index (χ0) is 15.4. The van der Waals surface area contributed by atoms with Gasteiger partial charge in [-0.1, -0.05) is 0 Å². The van der Waals surface area contributed by atoms with Gasteiger partial charge in [0, 0.05) is 31.6 Å². The molecule has 0 unspecified atom stereocenters. The van der Waals surface area contributed by atoms with Crippen LogP contribution >= 0.6 is 0 Å². The Labute approximate surface area is 127 Å². The summed E-state index contributed by atoms with van der Waals surface area (Å²) in [6.07, 6.45) is 4.02. The summed E-state index contributed by atoms with van der Waals surface area (Å²) in [5.41, 5.74) is 2.20. The Kier molecular flexibility index (Phi) is 5.58. The third-order valence-corrected chi connectivity index (χ3v) is 4.62. The molecule has 0 aromatic rings. The summed E-state index contributed by atoms with van der Waals surface area (Å²) < 4.78 is 0. The summed E-state index contributed by atoms with van der Waals surface area (Å²) in [5.74, 6) is 5.98. The molecule has 1 saturated heterocycles. The van der Waals surface area contributed by atoms with Crippen LogP contribution in [0.3, 0.4) is 0 Å². The van der Waals surface area contributed by atoms with Gasteiger partial charge in [-0.2, -0.15) is 0 Å². The van der Waals surface area contributed by atoms with Crippen molar-refractivity contribution >= 4 is 11.8 Å². The van der Waals surface area contributed by atoms with Gasteiger partial charge in [0.15, 0.2) is 0 Å². The lowest BCUT2D eigenvalue weighted by molar-refractivity contribution is -0.137. The van der Waals surface area contributed by atoms with Crippen LogP contribution in [0.25, 0.3) is 0 Å². The van der Waals surface area contributed by atoms with Crippen molar-refractivity contribution in [3.63, 3.8) is 0 Å². The second-order valence-electron chi connectivity index (χ2n) is 6.63. The number of piperidine rings is 1. The summed E-state index contributed by atoms with van der Waals surface area (Å²) in [4.78, 5) is 28.1. The van der Waals surface area contributed by atoms with Crippen LogP contribution in [0, 0.1) is 11.8 Å². The number of amides is 2. The molecule has 1 aliphatic heterocycles. The number of hydrogen-bond acceptors (Lipinski definition) is 4. The molecule has 0 spiro atoms. The standard InChI is InChI=1S/C15H28N4O2/c1-11(2)19(9-12-3-4-12)10-14(20)18-7-5-13(6-8-18)15(21)17-16/h11-13H,3-10,16H2,1-2H3,(H,17,21). The van der Waals surface area contributed by atoms with E-state index in [1.807, 2.05) is 4.90 Å². The molecule has 6 heteroatoms. The molecule has 2 rings (SSSR count). The van der Waals surface area contributed by atoms with E-state index >= 15 is 0 Å². The minimum atomic E-state index is -0.111. The number of nitrogens with zero attached hydrogens (tertiary/aromatic N) is 2. The maximum atomic E-state index is 12.4. The van der Waals surface area contributed by atoms with Gasteiger partial charge in [-0.05, 0) is 45.4 Å². The maximum absolute atomic E-state index is 12.4. The lowest BCUT2D eigenvalue weighted by Gasteiger charge is -2.34. The number of nitrogens with one attached hydrogen (secondary N) is 1.